The molecule has 32 heavy (non-hydrogen) atoms. The fraction of sp³-hybridized carbons (Fsp3) is 0.250. The van der Waals surface area contributed by atoms with Gasteiger partial charge in [0.15, 0.2) is 9.84 Å². The first-order chi connectivity index (χ1) is 15.1. The standard InChI is InChI=1S/C24H23FN2O4S/c1-4-32(30,31)13-16-9-19-20(10-22(16)28)24(15-5-7-17(25)8-6-15)26-14(2)18-11-23(29)27(3)12-21(18)19/h5-12,14,28H,4,13H2,1-3H3/t14-/m0/s1. The number of fused-ring (bicyclic) bond motifs is 3. The van der Waals surface area contributed by atoms with Gasteiger partial charge in [0, 0.05) is 47.3 Å². The first kappa shape index (κ1) is 22.0. The molecule has 1 aliphatic heterocycles. The molecule has 1 N–H and O–H groups in total. The van der Waals surface area contributed by atoms with Crippen molar-refractivity contribution < 1.29 is 17.9 Å². The summed E-state index contributed by atoms with van der Waals surface area (Å²) >= 11 is 0. The quantitative estimate of drug-likeness (QED) is 0.650. The summed E-state index contributed by atoms with van der Waals surface area (Å²) in [5.41, 5.74) is 3.92. The molecule has 8 heteroatoms. The number of hydrogen-bond donors (Lipinski definition) is 1. The molecule has 0 amide bonds. The molecule has 1 aliphatic rings. The highest BCUT2D eigenvalue weighted by Crippen LogP contribution is 2.39. The Morgan fingerprint density at radius 2 is 1.78 bits per heavy atom. The van der Waals surface area contributed by atoms with E-state index in [4.69, 9.17) is 4.99 Å². The summed E-state index contributed by atoms with van der Waals surface area (Å²) in [5.74, 6) is -0.891. The number of aromatic hydroxyl groups is 1. The Morgan fingerprint density at radius 1 is 1.09 bits per heavy atom. The molecule has 0 saturated carbocycles. The van der Waals surface area contributed by atoms with E-state index in [-0.39, 0.29) is 34.2 Å². The van der Waals surface area contributed by atoms with Crippen LogP contribution in [0.4, 0.5) is 4.39 Å². The summed E-state index contributed by atoms with van der Waals surface area (Å²) in [5, 5.41) is 10.7. The van der Waals surface area contributed by atoms with E-state index in [0.29, 0.717) is 28.0 Å². The highest BCUT2D eigenvalue weighted by atomic mass is 32.2. The molecule has 2 aromatic carbocycles. The fourth-order valence-corrected chi connectivity index (χ4v) is 4.80. The number of halogens is 1. The maximum atomic E-state index is 13.5. The monoisotopic (exact) mass is 454 g/mol. The largest absolute Gasteiger partial charge is 0.508 e. The van der Waals surface area contributed by atoms with E-state index in [9.17, 15) is 22.7 Å². The fourth-order valence-electron chi connectivity index (χ4n) is 3.89. The molecule has 0 radical (unpaired) electrons. The minimum Gasteiger partial charge on any atom is -0.508 e. The topological polar surface area (TPSA) is 88.7 Å². The van der Waals surface area contributed by atoms with Gasteiger partial charge in [-0.25, -0.2) is 12.8 Å². The lowest BCUT2D eigenvalue weighted by atomic mass is 9.90. The lowest BCUT2D eigenvalue weighted by molar-refractivity contribution is 0.469. The number of rotatable bonds is 4. The zero-order chi connectivity index (χ0) is 23.2. The van der Waals surface area contributed by atoms with Crippen molar-refractivity contribution in [2.45, 2.75) is 25.6 Å². The molecule has 0 saturated heterocycles. The van der Waals surface area contributed by atoms with Gasteiger partial charge in [-0.1, -0.05) is 6.92 Å². The van der Waals surface area contributed by atoms with E-state index in [1.165, 1.54) is 28.8 Å². The van der Waals surface area contributed by atoms with E-state index in [2.05, 4.69) is 0 Å². The number of aliphatic imine (C=N–C) groups is 1. The molecular weight excluding hydrogens is 431 g/mol. The third-order valence-corrected chi connectivity index (χ3v) is 7.36. The predicted molar refractivity (Wildman–Crippen MR) is 122 cm³/mol. The van der Waals surface area contributed by atoms with E-state index in [1.54, 1.807) is 38.4 Å². The van der Waals surface area contributed by atoms with Crippen molar-refractivity contribution in [1.29, 1.82) is 0 Å². The van der Waals surface area contributed by atoms with Gasteiger partial charge in [-0.15, -0.1) is 0 Å². The number of hydrogen-bond acceptors (Lipinski definition) is 5. The number of aromatic nitrogens is 1. The zero-order valence-corrected chi connectivity index (χ0v) is 18.8. The van der Waals surface area contributed by atoms with Gasteiger partial charge in [-0.2, -0.15) is 0 Å². The minimum atomic E-state index is -3.39. The summed E-state index contributed by atoms with van der Waals surface area (Å²) in [6.07, 6.45) is 1.70. The third-order valence-electron chi connectivity index (χ3n) is 5.73. The van der Waals surface area contributed by atoms with Crippen LogP contribution in [-0.4, -0.2) is 29.6 Å². The molecule has 0 aliphatic carbocycles. The van der Waals surface area contributed by atoms with Crippen molar-refractivity contribution >= 4 is 15.5 Å². The molecule has 6 nitrogen and oxygen atoms in total. The van der Waals surface area contributed by atoms with Gasteiger partial charge in [0.1, 0.15) is 11.6 Å². The molecule has 0 unspecified atom stereocenters. The molecule has 2 heterocycles. The number of phenols is 1. The van der Waals surface area contributed by atoms with Gasteiger partial charge in [0.25, 0.3) is 5.56 Å². The maximum absolute atomic E-state index is 13.5. The van der Waals surface area contributed by atoms with Gasteiger partial charge in [-0.3, -0.25) is 9.79 Å². The second-order valence-corrected chi connectivity index (χ2v) is 10.3. The Labute approximate surface area is 185 Å². The highest BCUT2D eigenvalue weighted by Gasteiger charge is 2.26. The maximum Gasteiger partial charge on any atom is 0.250 e. The van der Waals surface area contributed by atoms with Gasteiger partial charge >= 0.3 is 0 Å². The lowest BCUT2D eigenvalue weighted by Crippen LogP contribution is -2.17. The molecule has 4 rings (SSSR count). The number of sulfone groups is 1. The predicted octanol–water partition coefficient (Wildman–Crippen LogP) is 3.74. The van der Waals surface area contributed by atoms with Crippen molar-refractivity contribution in [2.24, 2.45) is 12.0 Å². The van der Waals surface area contributed by atoms with Crippen molar-refractivity contribution in [1.82, 2.24) is 4.57 Å². The Bertz CT molecular complexity index is 1410. The molecule has 3 aromatic rings. The van der Waals surface area contributed by atoms with Crippen molar-refractivity contribution in [3.63, 3.8) is 0 Å². The van der Waals surface area contributed by atoms with Gasteiger partial charge in [0.2, 0.25) is 0 Å². The molecule has 0 spiro atoms. The Balaban J connectivity index is 2.04. The van der Waals surface area contributed by atoms with Crippen molar-refractivity contribution in [3.05, 3.63) is 87.1 Å². The third kappa shape index (κ3) is 3.98. The highest BCUT2D eigenvalue weighted by molar-refractivity contribution is 7.90. The van der Waals surface area contributed by atoms with E-state index in [0.717, 1.165) is 5.56 Å². The van der Waals surface area contributed by atoms with Crippen molar-refractivity contribution in [2.75, 3.05) is 5.75 Å². The number of pyridine rings is 1. The van der Waals surface area contributed by atoms with Crippen molar-refractivity contribution in [3.8, 4) is 16.9 Å². The van der Waals surface area contributed by atoms with E-state index >= 15 is 0 Å². The van der Waals surface area contributed by atoms with Crippen LogP contribution in [0.1, 0.15) is 42.1 Å². The summed E-state index contributed by atoms with van der Waals surface area (Å²) < 4.78 is 39.5. The molecule has 0 fully saturated rings. The molecule has 1 aromatic heterocycles. The smallest absolute Gasteiger partial charge is 0.250 e. The van der Waals surface area contributed by atoms with Crippen LogP contribution in [-0.2, 0) is 22.6 Å². The Morgan fingerprint density at radius 3 is 2.44 bits per heavy atom. The molecule has 166 valence electrons. The number of benzene rings is 2. The molecular formula is C24H23FN2O4S. The number of nitrogens with zero attached hydrogens (tertiary/aromatic N) is 2. The van der Waals surface area contributed by atoms with Crippen LogP contribution in [0.3, 0.4) is 0 Å². The van der Waals surface area contributed by atoms with Gasteiger partial charge < -0.3 is 9.67 Å². The van der Waals surface area contributed by atoms with Crippen LogP contribution in [0.2, 0.25) is 0 Å². The summed E-state index contributed by atoms with van der Waals surface area (Å²) in [6, 6.07) is 10.2. The zero-order valence-electron chi connectivity index (χ0n) is 18.0. The first-order valence-electron chi connectivity index (χ1n) is 10.2. The Hall–Kier alpha value is -3.26. The first-order valence-corrected chi connectivity index (χ1v) is 12.0. The number of phenolic OH excluding ortho intramolecular Hbond substituents is 1. The molecule has 0 bridgehead atoms. The Kier molecular flexibility index (Phi) is 5.50. The van der Waals surface area contributed by atoms with Crippen LogP contribution in [0.5, 0.6) is 5.75 Å². The van der Waals surface area contributed by atoms with Crippen LogP contribution < -0.4 is 5.56 Å². The van der Waals surface area contributed by atoms with Gasteiger partial charge in [0.05, 0.1) is 17.5 Å². The van der Waals surface area contributed by atoms with Crippen LogP contribution in [0.25, 0.3) is 11.1 Å². The van der Waals surface area contributed by atoms with E-state index in [1.807, 2.05) is 6.92 Å². The van der Waals surface area contributed by atoms with Crippen LogP contribution in [0, 0.1) is 5.82 Å². The van der Waals surface area contributed by atoms with E-state index < -0.39 is 15.9 Å². The van der Waals surface area contributed by atoms with Crippen LogP contribution >= 0.6 is 0 Å². The van der Waals surface area contributed by atoms with Crippen LogP contribution in [0.15, 0.2) is 58.4 Å². The summed E-state index contributed by atoms with van der Waals surface area (Å²) in [7, 11) is -1.75. The number of aryl methyl sites for hydroxylation is 1. The average molecular weight is 455 g/mol. The summed E-state index contributed by atoms with van der Waals surface area (Å²) in [6.45, 7) is 3.41. The molecule has 1 atom stereocenters. The van der Waals surface area contributed by atoms with Gasteiger partial charge in [-0.05, 0) is 54.4 Å². The summed E-state index contributed by atoms with van der Waals surface area (Å²) in [4.78, 5) is 17.2. The second-order valence-electron chi connectivity index (χ2n) is 7.96. The SMILES string of the molecule is CCS(=O)(=O)Cc1cc2c(cc1O)C(c1ccc(F)cc1)=N[C@@H](C)c1cc(=O)n(C)cc1-2. The minimum absolute atomic E-state index is 0.0477. The lowest BCUT2D eigenvalue weighted by Gasteiger charge is -2.16. The second kappa shape index (κ2) is 8.02. The normalized spacial score (nSPS) is 15.5. The average Bonchev–Trinajstić information content (AvgIpc) is 2.85.